The predicted molar refractivity (Wildman–Crippen MR) is 102 cm³/mol. The molecule has 1 fully saturated rings. The third-order valence-electron chi connectivity index (χ3n) is 4.40. The van der Waals surface area contributed by atoms with Crippen molar-refractivity contribution in [2.45, 2.75) is 18.1 Å². The molecule has 0 radical (unpaired) electrons. The summed E-state index contributed by atoms with van der Waals surface area (Å²) in [6.07, 6.45) is 1.59. The average Bonchev–Trinajstić information content (AvgIpc) is 2.64. The Hall–Kier alpha value is -1.65. The number of aromatic nitrogens is 1. The maximum atomic E-state index is 13.4. The van der Waals surface area contributed by atoms with Crippen LogP contribution in [0.4, 0.5) is 4.39 Å². The summed E-state index contributed by atoms with van der Waals surface area (Å²) in [4.78, 5) is 1.27. The van der Waals surface area contributed by atoms with Gasteiger partial charge in [-0.2, -0.15) is 4.31 Å². The number of ether oxygens (including phenoxy) is 1. The van der Waals surface area contributed by atoms with Gasteiger partial charge in [-0.3, -0.25) is 4.57 Å². The van der Waals surface area contributed by atoms with Crippen LogP contribution in [0.1, 0.15) is 5.56 Å². The number of hydrogen-bond donors (Lipinski definition) is 1. The molecule has 0 aliphatic carbocycles. The van der Waals surface area contributed by atoms with Crippen LogP contribution in [0.5, 0.6) is 0 Å². The number of hydrogen-bond acceptors (Lipinski definition) is 4. The van der Waals surface area contributed by atoms with E-state index in [1.807, 2.05) is 13.1 Å². The summed E-state index contributed by atoms with van der Waals surface area (Å²) in [5.41, 5.74) is 0.871. The van der Waals surface area contributed by atoms with Crippen LogP contribution in [0.3, 0.4) is 0 Å². The zero-order valence-electron chi connectivity index (χ0n) is 15.1. The lowest BCUT2D eigenvalue weighted by atomic mass is 10.2. The Morgan fingerprint density at radius 3 is 2.67 bits per heavy atom. The first-order valence-corrected chi connectivity index (χ1v) is 10.6. The Morgan fingerprint density at radius 2 is 1.96 bits per heavy atom. The maximum Gasteiger partial charge on any atom is 0.244 e. The van der Waals surface area contributed by atoms with Crippen LogP contribution in [0.2, 0.25) is 0 Å². The molecule has 1 N–H and O–H groups in total. The normalized spacial score (nSPS) is 17.0. The first-order chi connectivity index (χ1) is 12.9. The van der Waals surface area contributed by atoms with Gasteiger partial charge in [0.25, 0.3) is 0 Å². The highest BCUT2D eigenvalue weighted by atomic mass is 32.2. The minimum absolute atomic E-state index is 0.219. The van der Waals surface area contributed by atoms with E-state index in [1.165, 1.54) is 16.4 Å². The minimum atomic E-state index is -3.57. The number of quaternary nitrogens is 1. The molecule has 1 saturated heterocycles. The van der Waals surface area contributed by atoms with Gasteiger partial charge in [0.2, 0.25) is 10.0 Å². The van der Waals surface area contributed by atoms with Gasteiger partial charge in [0.15, 0.2) is 6.67 Å². The summed E-state index contributed by atoms with van der Waals surface area (Å²) in [5.74, 6) is -0.268. The molecular formula is C18H23FN3O3S2+. The standard InChI is InChI=1S/C18H22FN3O3S2/c1-20(12-15-3-2-4-16(19)11-15)14-21-13-17(5-6-18(21)26)27(23,24)22-7-9-25-10-8-22/h2-6,11,13H,7-10,12,14H2,1H3/p+1. The number of pyridine rings is 1. The van der Waals surface area contributed by atoms with Gasteiger partial charge in [-0.05, 0) is 24.3 Å². The summed E-state index contributed by atoms with van der Waals surface area (Å²) in [7, 11) is -1.62. The van der Waals surface area contributed by atoms with E-state index >= 15 is 0 Å². The second-order valence-electron chi connectivity index (χ2n) is 6.61. The van der Waals surface area contributed by atoms with Crippen LogP contribution in [0.15, 0.2) is 47.5 Å². The van der Waals surface area contributed by atoms with Crippen LogP contribution in [0.25, 0.3) is 0 Å². The molecule has 1 unspecified atom stereocenters. The second-order valence-corrected chi connectivity index (χ2v) is 8.97. The quantitative estimate of drug-likeness (QED) is 0.721. The number of rotatable bonds is 6. The zero-order chi connectivity index (χ0) is 19.4. The van der Waals surface area contributed by atoms with Crippen molar-refractivity contribution in [2.75, 3.05) is 33.4 Å². The van der Waals surface area contributed by atoms with Crippen LogP contribution >= 0.6 is 12.2 Å². The smallest absolute Gasteiger partial charge is 0.244 e. The number of nitrogens with one attached hydrogen (secondary N) is 1. The second kappa shape index (κ2) is 8.57. The number of halogens is 1. The molecule has 1 aliphatic rings. The fourth-order valence-corrected chi connectivity index (χ4v) is 4.68. The Bertz CT molecular complexity index is 956. The molecule has 1 atom stereocenters. The molecule has 1 aromatic heterocycles. The molecular weight excluding hydrogens is 389 g/mol. The third kappa shape index (κ3) is 4.99. The molecule has 0 bridgehead atoms. The van der Waals surface area contributed by atoms with Gasteiger partial charge >= 0.3 is 0 Å². The van der Waals surface area contributed by atoms with Crippen molar-refractivity contribution in [3.8, 4) is 0 Å². The number of sulfonamides is 1. The highest BCUT2D eigenvalue weighted by Gasteiger charge is 2.26. The van der Waals surface area contributed by atoms with Crippen LogP contribution < -0.4 is 4.90 Å². The van der Waals surface area contributed by atoms with Crippen molar-refractivity contribution in [3.63, 3.8) is 0 Å². The molecule has 146 valence electrons. The third-order valence-corrected chi connectivity index (χ3v) is 6.65. The van der Waals surface area contributed by atoms with Gasteiger partial charge < -0.3 is 9.64 Å². The van der Waals surface area contributed by atoms with E-state index < -0.39 is 10.0 Å². The molecule has 2 aromatic rings. The Morgan fingerprint density at radius 1 is 1.22 bits per heavy atom. The SMILES string of the molecule is C[NH+](Cc1cccc(F)c1)Cn1cc(S(=O)(=O)N2CCOCC2)ccc1=S. The molecule has 0 saturated carbocycles. The molecule has 0 amide bonds. The summed E-state index contributed by atoms with van der Waals surface area (Å²) in [6.45, 7) is 2.57. The van der Waals surface area contributed by atoms with E-state index in [4.69, 9.17) is 17.0 Å². The van der Waals surface area contributed by atoms with Crippen LogP contribution in [-0.2, 0) is 28.0 Å². The van der Waals surface area contributed by atoms with E-state index in [1.54, 1.807) is 29.0 Å². The monoisotopic (exact) mass is 412 g/mol. The van der Waals surface area contributed by atoms with Gasteiger partial charge in [0, 0.05) is 24.8 Å². The van der Waals surface area contributed by atoms with Crippen molar-refractivity contribution in [2.24, 2.45) is 0 Å². The van der Waals surface area contributed by atoms with Crippen molar-refractivity contribution in [3.05, 3.63) is 58.6 Å². The first-order valence-electron chi connectivity index (χ1n) is 8.70. The van der Waals surface area contributed by atoms with Gasteiger partial charge in [0.1, 0.15) is 17.0 Å². The van der Waals surface area contributed by atoms with Gasteiger partial charge in [-0.25, -0.2) is 12.8 Å². The molecule has 2 heterocycles. The summed E-state index contributed by atoms with van der Waals surface area (Å²) in [6, 6.07) is 9.64. The van der Waals surface area contributed by atoms with E-state index in [0.29, 0.717) is 44.2 Å². The first kappa shape index (κ1) is 20.1. The van der Waals surface area contributed by atoms with Crippen molar-refractivity contribution in [1.29, 1.82) is 0 Å². The summed E-state index contributed by atoms with van der Waals surface area (Å²) >= 11 is 5.36. The Kier molecular flexibility index (Phi) is 6.38. The minimum Gasteiger partial charge on any atom is -0.379 e. The largest absolute Gasteiger partial charge is 0.379 e. The number of nitrogens with zero attached hydrogens (tertiary/aromatic N) is 2. The molecule has 1 aliphatic heterocycles. The van der Waals surface area contributed by atoms with Crippen LogP contribution in [0, 0.1) is 10.5 Å². The number of benzene rings is 1. The molecule has 6 nitrogen and oxygen atoms in total. The van der Waals surface area contributed by atoms with Crippen molar-refractivity contribution < 1.29 is 22.4 Å². The number of morpholine rings is 1. The van der Waals surface area contributed by atoms with E-state index in [2.05, 4.69) is 0 Å². The lowest BCUT2D eigenvalue weighted by Gasteiger charge is -2.26. The maximum absolute atomic E-state index is 13.4. The topological polar surface area (TPSA) is 56.0 Å². The lowest BCUT2D eigenvalue weighted by Crippen LogP contribution is -3.06. The molecule has 1 aromatic carbocycles. The van der Waals surface area contributed by atoms with Crippen molar-refractivity contribution in [1.82, 2.24) is 8.87 Å². The molecule has 9 heteroatoms. The highest BCUT2D eigenvalue weighted by molar-refractivity contribution is 7.89. The molecule has 0 spiro atoms. The summed E-state index contributed by atoms with van der Waals surface area (Å²) in [5, 5.41) is 0. The Labute approximate surface area is 163 Å². The van der Waals surface area contributed by atoms with E-state index in [-0.39, 0.29) is 10.7 Å². The van der Waals surface area contributed by atoms with Gasteiger partial charge in [0.05, 0.1) is 25.2 Å². The fraction of sp³-hybridized carbons (Fsp3) is 0.389. The molecule has 3 rings (SSSR count). The highest BCUT2D eigenvalue weighted by Crippen LogP contribution is 2.16. The Balaban J connectivity index is 1.78. The average molecular weight is 413 g/mol. The lowest BCUT2D eigenvalue weighted by molar-refractivity contribution is -0.917. The van der Waals surface area contributed by atoms with Gasteiger partial charge in [-0.1, -0.05) is 24.4 Å². The van der Waals surface area contributed by atoms with E-state index in [9.17, 15) is 12.8 Å². The summed E-state index contributed by atoms with van der Waals surface area (Å²) < 4.78 is 48.0. The zero-order valence-corrected chi connectivity index (χ0v) is 16.7. The van der Waals surface area contributed by atoms with Crippen LogP contribution in [-0.4, -0.2) is 50.6 Å². The van der Waals surface area contributed by atoms with E-state index in [0.717, 1.165) is 10.5 Å². The van der Waals surface area contributed by atoms with Crippen molar-refractivity contribution >= 4 is 22.2 Å². The van der Waals surface area contributed by atoms with Gasteiger partial charge in [-0.15, -0.1) is 0 Å². The fourth-order valence-electron chi connectivity index (χ4n) is 3.06. The predicted octanol–water partition coefficient (Wildman–Crippen LogP) is 1.05. The molecule has 27 heavy (non-hydrogen) atoms.